The highest BCUT2D eigenvalue weighted by Crippen LogP contribution is 2.19. The largest absolute Gasteiger partial charge is 0.397 e. The van der Waals surface area contributed by atoms with Crippen molar-refractivity contribution in [1.29, 1.82) is 0 Å². The Morgan fingerprint density at radius 3 is 2.29 bits per heavy atom. The molecular formula is C14H13ClN4O2. The van der Waals surface area contributed by atoms with Crippen molar-refractivity contribution >= 4 is 40.5 Å². The van der Waals surface area contributed by atoms with Crippen LogP contribution in [0.2, 0.25) is 5.15 Å². The van der Waals surface area contributed by atoms with E-state index in [1.807, 2.05) is 0 Å². The summed E-state index contributed by atoms with van der Waals surface area (Å²) < 4.78 is 0. The van der Waals surface area contributed by atoms with E-state index < -0.39 is 5.91 Å². The summed E-state index contributed by atoms with van der Waals surface area (Å²) in [7, 11) is 0. The number of carbonyl (C=O) groups excluding carboxylic acids is 2. The number of aromatic nitrogens is 1. The quantitative estimate of drug-likeness (QED) is 0.759. The van der Waals surface area contributed by atoms with Crippen LogP contribution in [0.15, 0.2) is 36.5 Å². The molecule has 7 heteroatoms. The van der Waals surface area contributed by atoms with Crippen LogP contribution in [0.3, 0.4) is 0 Å². The van der Waals surface area contributed by atoms with E-state index in [4.69, 9.17) is 17.3 Å². The molecule has 0 atom stereocenters. The normalized spacial score (nSPS) is 10.0. The van der Waals surface area contributed by atoms with Crippen molar-refractivity contribution in [3.63, 3.8) is 0 Å². The van der Waals surface area contributed by atoms with E-state index in [1.165, 1.54) is 19.2 Å². The Hall–Kier alpha value is -2.60. The lowest BCUT2D eigenvalue weighted by Gasteiger charge is -2.08. The molecule has 1 heterocycles. The number of nitrogen functional groups attached to an aromatic ring is 1. The third kappa shape index (κ3) is 3.93. The van der Waals surface area contributed by atoms with Crippen LogP contribution in [0.25, 0.3) is 0 Å². The Bertz CT molecular complexity index is 686. The van der Waals surface area contributed by atoms with Gasteiger partial charge in [0.15, 0.2) is 0 Å². The Balaban J connectivity index is 2.12. The molecule has 0 spiro atoms. The first-order chi connectivity index (χ1) is 9.95. The fraction of sp³-hybridized carbons (Fsp3) is 0.0714. The number of benzene rings is 1. The summed E-state index contributed by atoms with van der Waals surface area (Å²) in [5.74, 6) is -0.573. The molecule has 0 radical (unpaired) electrons. The summed E-state index contributed by atoms with van der Waals surface area (Å²) in [6.45, 7) is 1.42. The maximum absolute atomic E-state index is 12.1. The van der Waals surface area contributed by atoms with Gasteiger partial charge in [-0.05, 0) is 30.3 Å². The van der Waals surface area contributed by atoms with Gasteiger partial charge < -0.3 is 16.4 Å². The SMILES string of the molecule is CC(=O)Nc1ccc(NC(=O)c2cc(N)cnc2Cl)cc1. The summed E-state index contributed by atoms with van der Waals surface area (Å²) in [5, 5.41) is 5.39. The van der Waals surface area contributed by atoms with Gasteiger partial charge >= 0.3 is 0 Å². The number of nitrogens with one attached hydrogen (secondary N) is 2. The minimum Gasteiger partial charge on any atom is -0.397 e. The molecule has 0 fully saturated rings. The topological polar surface area (TPSA) is 97.1 Å². The number of rotatable bonds is 3. The van der Waals surface area contributed by atoms with Crippen LogP contribution in [0.1, 0.15) is 17.3 Å². The van der Waals surface area contributed by atoms with Gasteiger partial charge in [0.2, 0.25) is 5.91 Å². The molecule has 0 saturated carbocycles. The zero-order chi connectivity index (χ0) is 15.4. The van der Waals surface area contributed by atoms with Crippen LogP contribution in [0.4, 0.5) is 17.1 Å². The van der Waals surface area contributed by atoms with Crippen molar-refractivity contribution in [2.45, 2.75) is 6.92 Å². The molecule has 0 aliphatic carbocycles. The second kappa shape index (κ2) is 6.23. The van der Waals surface area contributed by atoms with Crippen LogP contribution in [-0.2, 0) is 4.79 Å². The van der Waals surface area contributed by atoms with Crippen molar-refractivity contribution in [2.75, 3.05) is 16.4 Å². The third-order valence-electron chi connectivity index (χ3n) is 2.57. The molecule has 2 aromatic rings. The molecular weight excluding hydrogens is 292 g/mol. The van der Waals surface area contributed by atoms with Gasteiger partial charge in [0.1, 0.15) is 5.15 Å². The van der Waals surface area contributed by atoms with E-state index in [1.54, 1.807) is 24.3 Å². The molecule has 0 saturated heterocycles. The van der Waals surface area contributed by atoms with E-state index in [2.05, 4.69) is 15.6 Å². The summed E-state index contributed by atoms with van der Waals surface area (Å²) in [5.41, 5.74) is 7.34. The molecule has 2 amide bonds. The number of nitrogens with two attached hydrogens (primary N) is 1. The highest BCUT2D eigenvalue weighted by molar-refractivity contribution is 6.33. The minimum atomic E-state index is -0.410. The fourth-order valence-corrected chi connectivity index (χ4v) is 1.85. The van der Waals surface area contributed by atoms with E-state index in [0.717, 1.165) is 0 Å². The van der Waals surface area contributed by atoms with Crippen LogP contribution >= 0.6 is 11.6 Å². The first-order valence-corrected chi connectivity index (χ1v) is 6.43. The smallest absolute Gasteiger partial charge is 0.258 e. The molecule has 6 nitrogen and oxygen atoms in total. The van der Waals surface area contributed by atoms with Crippen molar-refractivity contribution < 1.29 is 9.59 Å². The van der Waals surface area contributed by atoms with Gasteiger partial charge in [-0.1, -0.05) is 11.6 Å². The van der Waals surface area contributed by atoms with E-state index >= 15 is 0 Å². The first kappa shape index (κ1) is 14.8. The summed E-state index contributed by atoms with van der Waals surface area (Å²) >= 11 is 5.86. The molecule has 0 aliphatic rings. The molecule has 1 aromatic carbocycles. The van der Waals surface area contributed by atoms with Gasteiger partial charge in [-0.3, -0.25) is 9.59 Å². The number of nitrogens with zero attached hydrogens (tertiary/aromatic N) is 1. The lowest BCUT2D eigenvalue weighted by molar-refractivity contribution is -0.114. The number of halogens is 1. The average molecular weight is 305 g/mol. The van der Waals surface area contributed by atoms with Gasteiger partial charge in [-0.15, -0.1) is 0 Å². The predicted molar refractivity (Wildman–Crippen MR) is 82.4 cm³/mol. The monoisotopic (exact) mass is 304 g/mol. The number of carbonyl (C=O) groups is 2. The summed E-state index contributed by atoms with van der Waals surface area (Å²) in [6, 6.07) is 8.14. The van der Waals surface area contributed by atoms with Gasteiger partial charge in [-0.2, -0.15) is 0 Å². The second-order valence-electron chi connectivity index (χ2n) is 4.32. The maximum Gasteiger partial charge on any atom is 0.258 e. The number of amides is 2. The van der Waals surface area contributed by atoms with Crippen LogP contribution in [-0.4, -0.2) is 16.8 Å². The minimum absolute atomic E-state index is 0.0802. The molecule has 2 rings (SSSR count). The van der Waals surface area contributed by atoms with Gasteiger partial charge in [0, 0.05) is 18.3 Å². The molecule has 0 aliphatic heterocycles. The van der Waals surface area contributed by atoms with Gasteiger partial charge in [0.25, 0.3) is 5.91 Å². The molecule has 108 valence electrons. The molecule has 21 heavy (non-hydrogen) atoms. The van der Waals surface area contributed by atoms with Crippen LogP contribution in [0, 0.1) is 0 Å². The molecule has 1 aromatic heterocycles. The third-order valence-corrected chi connectivity index (χ3v) is 2.87. The van der Waals surface area contributed by atoms with Crippen molar-refractivity contribution in [2.24, 2.45) is 0 Å². The lowest BCUT2D eigenvalue weighted by Crippen LogP contribution is -2.13. The van der Waals surface area contributed by atoms with Gasteiger partial charge in [0.05, 0.1) is 17.4 Å². The van der Waals surface area contributed by atoms with E-state index in [9.17, 15) is 9.59 Å². The van der Waals surface area contributed by atoms with Gasteiger partial charge in [-0.25, -0.2) is 4.98 Å². The Kier molecular flexibility index (Phi) is 4.39. The average Bonchev–Trinajstić information content (AvgIpc) is 2.43. The van der Waals surface area contributed by atoms with Crippen molar-refractivity contribution in [1.82, 2.24) is 4.98 Å². The molecule has 4 N–H and O–H groups in total. The molecule has 0 unspecified atom stereocenters. The summed E-state index contributed by atoms with van der Waals surface area (Å²) in [6.07, 6.45) is 1.38. The van der Waals surface area contributed by atoms with E-state index in [-0.39, 0.29) is 16.6 Å². The zero-order valence-corrected chi connectivity index (χ0v) is 11.9. The number of hydrogen-bond acceptors (Lipinski definition) is 4. The Morgan fingerprint density at radius 2 is 1.71 bits per heavy atom. The summed E-state index contributed by atoms with van der Waals surface area (Å²) in [4.78, 5) is 26.8. The van der Waals surface area contributed by atoms with E-state index in [0.29, 0.717) is 17.1 Å². The highest BCUT2D eigenvalue weighted by atomic mass is 35.5. The predicted octanol–water partition coefficient (Wildman–Crippen LogP) is 2.53. The number of hydrogen-bond donors (Lipinski definition) is 3. The van der Waals surface area contributed by atoms with Crippen molar-refractivity contribution in [3.05, 3.63) is 47.2 Å². The number of pyridine rings is 1. The highest BCUT2D eigenvalue weighted by Gasteiger charge is 2.12. The Labute approximate surface area is 126 Å². The number of anilines is 3. The standard InChI is InChI=1S/C14H13ClN4O2/c1-8(20)18-10-2-4-11(5-3-10)19-14(21)12-6-9(16)7-17-13(12)15/h2-7H,16H2,1H3,(H,18,20)(H,19,21). The Morgan fingerprint density at radius 1 is 1.14 bits per heavy atom. The second-order valence-corrected chi connectivity index (χ2v) is 4.68. The first-order valence-electron chi connectivity index (χ1n) is 6.06. The lowest BCUT2D eigenvalue weighted by atomic mass is 10.2. The van der Waals surface area contributed by atoms with Crippen LogP contribution < -0.4 is 16.4 Å². The zero-order valence-electron chi connectivity index (χ0n) is 11.2. The van der Waals surface area contributed by atoms with Crippen molar-refractivity contribution in [3.8, 4) is 0 Å². The molecule has 0 bridgehead atoms. The maximum atomic E-state index is 12.1. The fourth-order valence-electron chi connectivity index (χ4n) is 1.66. The van der Waals surface area contributed by atoms with Crippen LogP contribution in [0.5, 0.6) is 0 Å².